The molecule has 0 aliphatic rings. The van der Waals surface area contributed by atoms with E-state index in [4.69, 9.17) is 5.10 Å². The van der Waals surface area contributed by atoms with E-state index in [1.807, 2.05) is 116 Å². The first kappa shape index (κ1) is 23.3. The van der Waals surface area contributed by atoms with E-state index >= 15 is 0 Å². The summed E-state index contributed by atoms with van der Waals surface area (Å²) in [6, 6.07) is 40.1. The Balaban J connectivity index is 1.63. The van der Waals surface area contributed by atoms with Gasteiger partial charge in [0.1, 0.15) is 5.69 Å². The van der Waals surface area contributed by atoms with Crippen molar-refractivity contribution in [3.8, 4) is 16.9 Å². The minimum Gasteiger partial charge on any atom is -0.288 e. The predicted molar refractivity (Wildman–Crippen MR) is 151 cm³/mol. The average Bonchev–Trinajstić information content (AvgIpc) is 3.38. The number of benzene rings is 5. The first-order valence-electron chi connectivity index (χ1n) is 12.5. The molecule has 0 aliphatic heterocycles. The highest BCUT2D eigenvalue weighted by molar-refractivity contribution is 6.21. The maximum atomic E-state index is 14.1. The first-order valence-corrected chi connectivity index (χ1v) is 12.5. The molecule has 0 saturated heterocycles. The lowest BCUT2D eigenvalue weighted by molar-refractivity contribution is 0.100. The smallest absolute Gasteiger partial charge is 0.214 e. The molecule has 182 valence electrons. The zero-order valence-electron chi connectivity index (χ0n) is 20.8. The van der Waals surface area contributed by atoms with Crippen LogP contribution in [0.15, 0.2) is 127 Å². The van der Waals surface area contributed by atoms with Crippen LogP contribution in [0, 0.1) is 6.92 Å². The standard InChI is InChI=1S/C34H24N2O2/c1-23-16-20-29(21-17-23)36-32(25-11-4-2-5-12-25)30(33(37)26-13-6-3-7-14-26)31(35-36)34(38)28-19-18-24-10-8-9-15-27(24)22-28/h2-22H,1H3. The Kier molecular flexibility index (Phi) is 5.98. The van der Waals surface area contributed by atoms with Crippen LogP contribution in [-0.4, -0.2) is 21.3 Å². The number of fused-ring (bicyclic) bond motifs is 1. The largest absolute Gasteiger partial charge is 0.288 e. The third-order valence-corrected chi connectivity index (χ3v) is 6.70. The molecule has 0 aliphatic carbocycles. The maximum Gasteiger partial charge on any atom is 0.214 e. The van der Waals surface area contributed by atoms with Gasteiger partial charge in [0, 0.05) is 16.7 Å². The lowest BCUT2D eigenvalue weighted by Gasteiger charge is -2.10. The van der Waals surface area contributed by atoms with Gasteiger partial charge in [0.15, 0.2) is 5.78 Å². The normalized spacial score (nSPS) is 11.0. The molecule has 38 heavy (non-hydrogen) atoms. The zero-order chi connectivity index (χ0) is 26.1. The second-order valence-electron chi connectivity index (χ2n) is 9.27. The molecule has 0 saturated carbocycles. The third kappa shape index (κ3) is 4.22. The Bertz CT molecular complexity index is 1780. The highest BCUT2D eigenvalue weighted by atomic mass is 16.1. The molecule has 0 N–H and O–H groups in total. The number of rotatable bonds is 6. The van der Waals surface area contributed by atoms with E-state index < -0.39 is 0 Å². The number of hydrogen-bond donors (Lipinski definition) is 0. The van der Waals surface area contributed by atoms with E-state index in [2.05, 4.69) is 0 Å². The lowest BCUT2D eigenvalue weighted by atomic mass is 9.94. The van der Waals surface area contributed by atoms with Crippen LogP contribution in [0.5, 0.6) is 0 Å². The van der Waals surface area contributed by atoms with Gasteiger partial charge < -0.3 is 0 Å². The number of carbonyl (C=O) groups is 2. The monoisotopic (exact) mass is 492 g/mol. The van der Waals surface area contributed by atoms with Gasteiger partial charge in [0.05, 0.1) is 16.9 Å². The Morgan fingerprint density at radius 2 is 1.24 bits per heavy atom. The summed E-state index contributed by atoms with van der Waals surface area (Å²) in [7, 11) is 0. The van der Waals surface area contributed by atoms with Crippen LogP contribution in [0.1, 0.15) is 37.5 Å². The Morgan fingerprint density at radius 3 is 1.95 bits per heavy atom. The lowest BCUT2D eigenvalue weighted by Crippen LogP contribution is -2.11. The van der Waals surface area contributed by atoms with Gasteiger partial charge in [-0.2, -0.15) is 5.10 Å². The predicted octanol–water partition coefficient (Wildman–Crippen LogP) is 7.46. The molecule has 0 radical (unpaired) electrons. The summed E-state index contributed by atoms with van der Waals surface area (Å²) in [4.78, 5) is 28.2. The topological polar surface area (TPSA) is 52.0 Å². The molecule has 4 nitrogen and oxygen atoms in total. The maximum absolute atomic E-state index is 14.1. The van der Waals surface area contributed by atoms with E-state index in [0.717, 1.165) is 27.6 Å². The number of aryl methyl sites for hydroxylation is 1. The van der Waals surface area contributed by atoms with Crippen molar-refractivity contribution in [2.24, 2.45) is 0 Å². The number of ketones is 2. The van der Waals surface area contributed by atoms with Crippen molar-refractivity contribution in [3.63, 3.8) is 0 Å². The van der Waals surface area contributed by atoms with E-state index in [0.29, 0.717) is 22.4 Å². The van der Waals surface area contributed by atoms with Gasteiger partial charge in [0.25, 0.3) is 0 Å². The van der Waals surface area contributed by atoms with Gasteiger partial charge in [-0.1, -0.05) is 115 Å². The Labute approximate surface area is 220 Å². The molecule has 6 aromatic rings. The highest BCUT2D eigenvalue weighted by Gasteiger charge is 2.30. The van der Waals surface area contributed by atoms with Crippen molar-refractivity contribution in [2.45, 2.75) is 6.92 Å². The molecule has 1 aromatic heterocycles. The molecule has 0 atom stereocenters. The fourth-order valence-electron chi connectivity index (χ4n) is 4.73. The molecule has 5 aromatic carbocycles. The fourth-order valence-corrected chi connectivity index (χ4v) is 4.73. The summed E-state index contributed by atoms with van der Waals surface area (Å²) in [6.45, 7) is 2.02. The SMILES string of the molecule is Cc1ccc(-n2nc(C(=O)c3ccc4ccccc4c3)c(C(=O)c3ccccc3)c2-c2ccccc2)cc1. The van der Waals surface area contributed by atoms with Crippen LogP contribution >= 0.6 is 0 Å². The molecule has 0 amide bonds. The summed E-state index contributed by atoms with van der Waals surface area (Å²) in [5, 5.41) is 6.83. The van der Waals surface area contributed by atoms with Crippen LogP contribution in [0.25, 0.3) is 27.7 Å². The number of aromatic nitrogens is 2. The molecular weight excluding hydrogens is 468 g/mol. The van der Waals surface area contributed by atoms with Gasteiger partial charge in [-0.15, -0.1) is 0 Å². The summed E-state index contributed by atoms with van der Waals surface area (Å²) >= 11 is 0. The third-order valence-electron chi connectivity index (χ3n) is 6.70. The van der Waals surface area contributed by atoms with E-state index in [1.54, 1.807) is 22.9 Å². The van der Waals surface area contributed by atoms with Gasteiger partial charge in [-0.25, -0.2) is 4.68 Å². The zero-order valence-corrected chi connectivity index (χ0v) is 20.8. The van der Waals surface area contributed by atoms with E-state index in [-0.39, 0.29) is 17.3 Å². The van der Waals surface area contributed by atoms with Crippen molar-refractivity contribution in [1.29, 1.82) is 0 Å². The summed E-state index contributed by atoms with van der Waals surface area (Å²) < 4.78 is 1.72. The van der Waals surface area contributed by atoms with Crippen LogP contribution in [0.3, 0.4) is 0 Å². The van der Waals surface area contributed by atoms with Crippen LogP contribution in [0.4, 0.5) is 0 Å². The second-order valence-corrected chi connectivity index (χ2v) is 9.27. The number of carbonyl (C=O) groups excluding carboxylic acids is 2. The van der Waals surface area contributed by atoms with Crippen molar-refractivity contribution in [3.05, 3.63) is 155 Å². The quantitative estimate of drug-likeness (QED) is 0.227. The summed E-state index contributed by atoms with van der Waals surface area (Å²) in [6.07, 6.45) is 0. The minimum atomic E-state index is -0.293. The number of nitrogens with zero attached hydrogens (tertiary/aromatic N) is 2. The average molecular weight is 493 g/mol. The second kappa shape index (κ2) is 9.75. The van der Waals surface area contributed by atoms with Gasteiger partial charge in [-0.3, -0.25) is 9.59 Å². The van der Waals surface area contributed by atoms with Crippen molar-refractivity contribution >= 4 is 22.3 Å². The first-order chi connectivity index (χ1) is 18.6. The summed E-state index contributed by atoms with van der Waals surface area (Å²) in [5.74, 6) is -0.537. The molecule has 4 heteroatoms. The van der Waals surface area contributed by atoms with Crippen LogP contribution in [0.2, 0.25) is 0 Å². The number of hydrogen-bond acceptors (Lipinski definition) is 3. The molecule has 1 heterocycles. The summed E-state index contributed by atoms with van der Waals surface area (Å²) in [5.41, 5.74) is 4.68. The molecule has 6 rings (SSSR count). The molecule has 0 spiro atoms. The fraction of sp³-hybridized carbons (Fsp3) is 0.0294. The Morgan fingerprint density at radius 1 is 0.605 bits per heavy atom. The minimum absolute atomic E-state index is 0.133. The van der Waals surface area contributed by atoms with Crippen molar-refractivity contribution in [2.75, 3.05) is 0 Å². The van der Waals surface area contributed by atoms with Gasteiger partial charge in [0.2, 0.25) is 5.78 Å². The van der Waals surface area contributed by atoms with Crippen molar-refractivity contribution < 1.29 is 9.59 Å². The van der Waals surface area contributed by atoms with Gasteiger partial charge >= 0.3 is 0 Å². The highest BCUT2D eigenvalue weighted by Crippen LogP contribution is 2.33. The molecule has 0 fully saturated rings. The van der Waals surface area contributed by atoms with E-state index in [1.165, 1.54) is 0 Å². The molecule has 0 unspecified atom stereocenters. The van der Waals surface area contributed by atoms with Crippen LogP contribution in [-0.2, 0) is 0 Å². The molecular formula is C34H24N2O2. The Hall–Kier alpha value is -5.09. The van der Waals surface area contributed by atoms with Crippen LogP contribution < -0.4 is 0 Å². The van der Waals surface area contributed by atoms with E-state index in [9.17, 15) is 9.59 Å². The van der Waals surface area contributed by atoms with Crippen molar-refractivity contribution in [1.82, 2.24) is 9.78 Å². The molecule has 0 bridgehead atoms. The van der Waals surface area contributed by atoms with Gasteiger partial charge in [-0.05, 0) is 35.9 Å².